The summed E-state index contributed by atoms with van der Waals surface area (Å²) in [6.45, 7) is 2.38. The summed E-state index contributed by atoms with van der Waals surface area (Å²) in [6, 6.07) is 12.9. The Balaban J connectivity index is 1.59. The minimum atomic E-state index is -0.370. The fourth-order valence-electron chi connectivity index (χ4n) is 3.25. The highest BCUT2D eigenvalue weighted by molar-refractivity contribution is 6.04. The summed E-state index contributed by atoms with van der Waals surface area (Å²) in [7, 11) is 5.42. The molecule has 1 N–H and O–H groups in total. The summed E-state index contributed by atoms with van der Waals surface area (Å²) in [5.41, 5.74) is 3.38. The molecular weight excluding hydrogens is 420 g/mol. The van der Waals surface area contributed by atoms with Gasteiger partial charge >= 0.3 is 0 Å². The lowest BCUT2D eigenvalue weighted by Gasteiger charge is -2.12. The van der Waals surface area contributed by atoms with Gasteiger partial charge < -0.3 is 15.0 Å². The van der Waals surface area contributed by atoms with Crippen LogP contribution in [0.1, 0.15) is 22.0 Å². The molecule has 0 aliphatic carbocycles. The predicted octanol–water partition coefficient (Wildman–Crippen LogP) is 2.75. The number of nitrogens with one attached hydrogen (secondary N) is 1. The van der Waals surface area contributed by atoms with E-state index in [1.54, 1.807) is 31.5 Å². The minimum Gasteiger partial charge on any atom is -0.479 e. The molecule has 3 heterocycles. The number of rotatable bonds is 7. The third-order valence-corrected chi connectivity index (χ3v) is 4.82. The molecule has 4 rings (SSSR count). The topological polar surface area (TPSA) is 111 Å². The average molecular weight is 444 g/mol. The second-order valence-electron chi connectivity index (χ2n) is 7.60. The number of anilines is 1. The molecule has 10 nitrogen and oxygen atoms in total. The maximum absolute atomic E-state index is 13.1. The first-order chi connectivity index (χ1) is 16.0. The van der Waals surface area contributed by atoms with E-state index in [2.05, 4.69) is 30.6 Å². The Morgan fingerprint density at radius 1 is 1.09 bits per heavy atom. The van der Waals surface area contributed by atoms with Crippen LogP contribution in [0.3, 0.4) is 0 Å². The summed E-state index contributed by atoms with van der Waals surface area (Å²) in [4.78, 5) is 28.4. The molecule has 0 aliphatic rings. The molecule has 0 radical (unpaired) electrons. The van der Waals surface area contributed by atoms with Gasteiger partial charge in [-0.05, 0) is 45.3 Å². The van der Waals surface area contributed by atoms with E-state index in [1.165, 1.54) is 11.8 Å². The smallest absolute Gasteiger partial charge is 0.276 e. The van der Waals surface area contributed by atoms with Crippen LogP contribution < -0.4 is 10.1 Å². The molecule has 1 amide bonds. The van der Waals surface area contributed by atoms with Gasteiger partial charge in [-0.1, -0.05) is 23.4 Å². The van der Waals surface area contributed by atoms with Gasteiger partial charge in [0.05, 0.1) is 30.7 Å². The second kappa shape index (κ2) is 9.53. The fourth-order valence-corrected chi connectivity index (χ4v) is 3.25. The largest absolute Gasteiger partial charge is 0.479 e. The summed E-state index contributed by atoms with van der Waals surface area (Å²) in [5.74, 6) is 0.624. The van der Waals surface area contributed by atoms with E-state index in [4.69, 9.17) is 4.74 Å². The Labute approximate surface area is 191 Å². The average Bonchev–Trinajstić information content (AvgIpc) is 3.21. The molecule has 0 saturated heterocycles. The van der Waals surface area contributed by atoms with E-state index in [1.807, 2.05) is 49.3 Å². The first kappa shape index (κ1) is 22.0. The highest BCUT2D eigenvalue weighted by Gasteiger charge is 2.21. The molecule has 168 valence electrons. The molecule has 0 bridgehead atoms. The van der Waals surface area contributed by atoms with E-state index >= 15 is 0 Å². The Hall–Kier alpha value is -4.18. The van der Waals surface area contributed by atoms with Crippen LogP contribution >= 0.6 is 0 Å². The number of carbonyl (C=O) groups is 1. The van der Waals surface area contributed by atoms with Crippen LogP contribution in [0.2, 0.25) is 0 Å². The zero-order chi connectivity index (χ0) is 23.4. The lowest BCUT2D eigenvalue weighted by Crippen LogP contribution is -2.18. The standard InChI is InChI=1S/C23H24N8O2/c1-15-21(31(29-28-15)17-8-6-5-7-9-17)22(32)26-19-11-10-18(27-23(19)33-4)16-12-24-20(25-13-16)14-30(2)3/h5-13H,14H2,1-4H3,(H,26,32). The van der Waals surface area contributed by atoms with E-state index in [0.29, 0.717) is 29.3 Å². The maximum atomic E-state index is 13.1. The number of benzene rings is 1. The van der Waals surface area contributed by atoms with E-state index < -0.39 is 0 Å². The summed E-state index contributed by atoms with van der Waals surface area (Å²) >= 11 is 0. The highest BCUT2D eigenvalue weighted by atomic mass is 16.5. The summed E-state index contributed by atoms with van der Waals surface area (Å²) in [5, 5.41) is 11.0. The van der Waals surface area contributed by atoms with Crippen molar-refractivity contribution in [2.75, 3.05) is 26.5 Å². The van der Waals surface area contributed by atoms with Gasteiger partial charge in [0.15, 0.2) is 5.69 Å². The van der Waals surface area contributed by atoms with Crippen molar-refractivity contribution in [3.8, 4) is 22.8 Å². The number of methoxy groups -OCH3 is 1. The van der Waals surface area contributed by atoms with Crippen LogP contribution in [0.15, 0.2) is 54.9 Å². The van der Waals surface area contributed by atoms with Gasteiger partial charge in [0, 0.05) is 18.0 Å². The monoisotopic (exact) mass is 444 g/mol. The first-order valence-electron chi connectivity index (χ1n) is 10.3. The molecule has 0 spiro atoms. The van der Waals surface area contributed by atoms with Gasteiger partial charge in [0.25, 0.3) is 5.91 Å². The number of ether oxygens (including phenoxy) is 1. The Kier molecular flexibility index (Phi) is 6.36. The number of hydrogen-bond donors (Lipinski definition) is 1. The van der Waals surface area contributed by atoms with Crippen molar-refractivity contribution >= 4 is 11.6 Å². The molecule has 0 fully saturated rings. The second-order valence-corrected chi connectivity index (χ2v) is 7.60. The number of amides is 1. The normalized spacial score (nSPS) is 10.9. The van der Waals surface area contributed by atoms with Crippen LogP contribution in [0, 0.1) is 6.92 Å². The van der Waals surface area contributed by atoms with Crippen molar-refractivity contribution in [1.82, 2.24) is 34.8 Å². The van der Waals surface area contributed by atoms with Gasteiger partial charge in [-0.25, -0.2) is 19.6 Å². The number of hydrogen-bond acceptors (Lipinski definition) is 8. The number of para-hydroxylation sites is 1. The predicted molar refractivity (Wildman–Crippen MR) is 123 cm³/mol. The zero-order valence-electron chi connectivity index (χ0n) is 18.9. The summed E-state index contributed by atoms with van der Waals surface area (Å²) in [6.07, 6.45) is 3.44. The van der Waals surface area contributed by atoms with Gasteiger partial charge in [-0.3, -0.25) is 4.79 Å². The van der Waals surface area contributed by atoms with Crippen LogP contribution in [-0.2, 0) is 6.54 Å². The number of aryl methyl sites for hydroxylation is 1. The minimum absolute atomic E-state index is 0.273. The first-order valence-corrected chi connectivity index (χ1v) is 10.3. The third-order valence-electron chi connectivity index (χ3n) is 4.82. The van der Waals surface area contributed by atoms with Crippen LogP contribution in [0.5, 0.6) is 5.88 Å². The molecular formula is C23H24N8O2. The Morgan fingerprint density at radius 3 is 2.48 bits per heavy atom. The van der Waals surface area contributed by atoms with Crippen LogP contribution in [-0.4, -0.2) is 62.0 Å². The Morgan fingerprint density at radius 2 is 1.82 bits per heavy atom. The van der Waals surface area contributed by atoms with Crippen molar-refractivity contribution in [2.45, 2.75) is 13.5 Å². The molecule has 0 atom stereocenters. The lowest BCUT2D eigenvalue weighted by molar-refractivity contribution is 0.101. The zero-order valence-corrected chi connectivity index (χ0v) is 18.9. The highest BCUT2D eigenvalue weighted by Crippen LogP contribution is 2.27. The van der Waals surface area contributed by atoms with Gasteiger partial charge in [-0.15, -0.1) is 5.10 Å². The molecule has 10 heteroatoms. The molecule has 33 heavy (non-hydrogen) atoms. The van der Waals surface area contributed by atoms with E-state index in [-0.39, 0.29) is 11.8 Å². The van der Waals surface area contributed by atoms with Crippen molar-refractivity contribution < 1.29 is 9.53 Å². The number of nitrogens with zero attached hydrogens (tertiary/aromatic N) is 7. The molecule has 4 aromatic rings. The number of pyridine rings is 1. The number of carbonyl (C=O) groups excluding carboxylic acids is 1. The van der Waals surface area contributed by atoms with Gasteiger partial charge in [0.2, 0.25) is 5.88 Å². The maximum Gasteiger partial charge on any atom is 0.276 e. The van der Waals surface area contributed by atoms with Crippen molar-refractivity contribution in [1.29, 1.82) is 0 Å². The quantitative estimate of drug-likeness (QED) is 0.463. The fraction of sp³-hybridized carbons (Fsp3) is 0.217. The molecule has 0 unspecified atom stereocenters. The molecule has 1 aromatic carbocycles. The molecule has 3 aromatic heterocycles. The van der Waals surface area contributed by atoms with Gasteiger partial charge in [-0.2, -0.15) is 0 Å². The van der Waals surface area contributed by atoms with E-state index in [0.717, 1.165) is 17.1 Å². The lowest BCUT2D eigenvalue weighted by atomic mass is 10.2. The van der Waals surface area contributed by atoms with Crippen LogP contribution in [0.4, 0.5) is 5.69 Å². The van der Waals surface area contributed by atoms with E-state index in [9.17, 15) is 4.79 Å². The van der Waals surface area contributed by atoms with Crippen molar-refractivity contribution in [3.63, 3.8) is 0 Å². The molecule has 0 aliphatic heterocycles. The van der Waals surface area contributed by atoms with Crippen molar-refractivity contribution in [3.05, 3.63) is 72.1 Å². The molecule has 0 saturated carbocycles. The summed E-state index contributed by atoms with van der Waals surface area (Å²) < 4.78 is 6.94. The Bertz CT molecular complexity index is 1250. The van der Waals surface area contributed by atoms with Crippen LogP contribution in [0.25, 0.3) is 16.9 Å². The van der Waals surface area contributed by atoms with Gasteiger partial charge in [0.1, 0.15) is 11.5 Å². The SMILES string of the molecule is COc1nc(-c2cnc(CN(C)C)nc2)ccc1NC(=O)c1c(C)nnn1-c1ccccc1. The van der Waals surface area contributed by atoms with Crippen molar-refractivity contribution in [2.24, 2.45) is 0 Å². The number of aromatic nitrogens is 6. The third kappa shape index (κ3) is 4.85.